The normalized spacial score (nSPS) is 11.8. The van der Waals surface area contributed by atoms with E-state index in [1.54, 1.807) is 0 Å². The molecule has 0 radical (unpaired) electrons. The van der Waals surface area contributed by atoms with Gasteiger partial charge in [0.1, 0.15) is 0 Å². The summed E-state index contributed by atoms with van der Waals surface area (Å²) in [5, 5.41) is 0. The van der Waals surface area contributed by atoms with Crippen molar-refractivity contribution in [1.29, 1.82) is 0 Å². The fraction of sp³-hybridized carbons (Fsp3) is 1.00. The molecular weight excluding hydrogens is 579 g/mol. The summed E-state index contributed by atoms with van der Waals surface area (Å²) in [6, 6.07) is 0. The van der Waals surface area contributed by atoms with Crippen LogP contribution in [0.3, 0.4) is 0 Å². The predicted molar refractivity (Wildman–Crippen MR) is 223 cm³/mol. The van der Waals surface area contributed by atoms with Gasteiger partial charge in [-0.15, -0.1) is 0 Å². The molecule has 0 N–H and O–H groups in total. The van der Waals surface area contributed by atoms with Crippen LogP contribution in [-0.4, -0.2) is 25.0 Å². The first-order valence-corrected chi connectivity index (χ1v) is 23.5. The molecule has 0 fully saturated rings. The van der Waals surface area contributed by atoms with E-state index in [0.717, 1.165) is 0 Å². The molecule has 0 aliphatic heterocycles. The standard InChI is InChI=1S/C47H97N/c1-4-6-8-10-12-14-16-18-20-22-24-26-27-29-31-33-35-37-39-41-43-45-47-48(3)46-44-42-40-38-36-34-32-30-28-25-23-21-19-17-15-13-11-9-7-5-2/h4-47H2,1-3H3. The molecule has 0 bridgehead atoms. The Kier molecular flexibility index (Phi) is 44.9. The van der Waals surface area contributed by atoms with Gasteiger partial charge in [-0.25, -0.2) is 0 Å². The molecule has 48 heavy (non-hydrogen) atoms. The van der Waals surface area contributed by atoms with Gasteiger partial charge in [-0.3, -0.25) is 0 Å². The van der Waals surface area contributed by atoms with Gasteiger partial charge < -0.3 is 4.90 Å². The van der Waals surface area contributed by atoms with Crippen LogP contribution in [0.4, 0.5) is 0 Å². The average molecular weight is 676 g/mol. The Hall–Kier alpha value is -0.0400. The van der Waals surface area contributed by atoms with Crippen molar-refractivity contribution in [2.45, 2.75) is 284 Å². The largest absolute Gasteiger partial charge is 0.306 e. The van der Waals surface area contributed by atoms with Gasteiger partial charge >= 0.3 is 0 Å². The van der Waals surface area contributed by atoms with Crippen LogP contribution in [0.15, 0.2) is 0 Å². The molecule has 0 amide bonds. The van der Waals surface area contributed by atoms with Gasteiger partial charge in [0, 0.05) is 0 Å². The Balaban J connectivity index is 3.13. The van der Waals surface area contributed by atoms with Crippen LogP contribution in [0, 0.1) is 0 Å². The molecule has 0 saturated heterocycles. The lowest BCUT2D eigenvalue weighted by molar-refractivity contribution is 0.314. The van der Waals surface area contributed by atoms with Crippen molar-refractivity contribution in [2.75, 3.05) is 20.1 Å². The van der Waals surface area contributed by atoms with Crippen LogP contribution in [0.2, 0.25) is 0 Å². The molecule has 0 unspecified atom stereocenters. The molecule has 1 nitrogen and oxygen atoms in total. The Morgan fingerprint density at radius 2 is 0.312 bits per heavy atom. The van der Waals surface area contributed by atoms with Crippen molar-refractivity contribution in [3.05, 3.63) is 0 Å². The summed E-state index contributed by atoms with van der Waals surface area (Å²) in [5.74, 6) is 0. The van der Waals surface area contributed by atoms with E-state index in [1.807, 2.05) is 0 Å². The van der Waals surface area contributed by atoms with E-state index in [-0.39, 0.29) is 0 Å². The minimum Gasteiger partial charge on any atom is -0.306 e. The van der Waals surface area contributed by atoms with Crippen LogP contribution >= 0.6 is 0 Å². The molecule has 0 aromatic heterocycles. The molecule has 0 heterocycles. The van der Waals surface area contributed by atoms with E-state index in [9.17, 15) is 0 Å². The zero-order chi connectivity index (χ0) is 34.7. The molecule has 0 aliphatic carbocycles. The van der Waals surface area contributed by atoms with E-state index in [0.29, 0.717) is 0 Å². The lowest BCUT2D eigenvalue weighted by Gasteiger charge is -2.16. The van der Waals surface area contributed by atoms with Crippen molar-refractivity contribution >= 4 is 0 Å². The van der Waals surface area contributed by atoms with Crippen molar-refractivity contribution in [3.8, 4) is 0 Å². The number of rotatable bonds is 44. The zero-order valence-electron chi connectivity index (χ0n) is 34.6. The summed E-state index contributed by atoms with van der Waals surface area (Å²) in [4.78, 5) is 2.60. The quantitative estimate of drug-likeness (QED) is 0.0581. The van der Waals surface area contributed by atoms with Crippen molar-refractivity contribution in [3.63, 3.8) is 0 Å². The smallest absolute Gasteiger partial charge is 0.00218 e. The molecule has 0 rings (SSSR count). The Morgan fingerprint density at radius 1 is 0.188 bits per heavy atom. The highest BCUT2D eigenvalue weighted by molar-refractivity contribution is 4.56. The van der Waals surface area contributed by atoms with E-state index >= 15 is 0 Å². The number of hydrogen-bond acceptors (Lipinski definition) is 1. The van der Waals surface area contributed by atoms with Crippen LogP contribution in [0.1, 0.15) is 284 Å². The molecule has 1 heteroatoms. The molecule has 0 aromatic rings. The number of nitrogens with zero attached hydrogens (tertiary/aromatic N) is 1. The third-order valence-corrected chi connectivity index (χ3v) is 11.3. The van der Waals surface area contributed by atoms with Crippen LogP contribution in [0.5, 0.6) is 0 Å². The first kappa shape index (κ1) is 48.0. The summed E-state index contributed by atoms with van der Waals surface area (Å²) in [6.07, 6.45) is 61.8. The summed E-state index contributed by atoms with van der Waals surface area (Å²) < 4.78 is 0. The summed E-state index contributed by atoms with van der Waals surface area (Å²) in [6.45, 7) is 7.26. The highest BCUT2D eigenvalue weighted by Gasteiger charge is 2.00. The van der Waals surface area contributed by atoms with Gasteiger partial charge in [-0.1, -0.05) is 271 Å². The second kappa shape index (κ2) is 45.0. The molecule has 0 atom stereocenters. The van der Waals surface area contributed by atoms with Gasteiger partial charge in [-0.2, -0.15) is 0 Å². The highest BCUT2D eigenvalue weighted by Crippen LogP contribution is 2.17. The summed E-state index contributed by atoms with van der Waals surface area (Å²) in [5.41, 5.74) is 0. The van der Waals surface area contributed by atoms with E-state index in [1.165, 1.54) is 283 Å². The van der Waals surface area contributed by atoms with Gasteiger partial charge in [-0.05, 0) is 33.0 Å². The maximum absolute atomic E-state index is 2.60. The summed E-state index contributed by atoms with van der Waals surface area (Å²) >= 11 is 0. The van der Waals surface area contributed by atoms with Crippen LogP contribution in [0.25, 0.3) is 0 Å². The fourth-order valence-electron chi connectivity index (χ4n) is 7.74. The number of unbranched alkanes of at least 4 members (excludes halogenated alkanes) is 40. The lowest BCUT2D eigenvalue weighted by atomic mass is 10.0. The third-order valence-electron chi connectivity index (χ3n) is 11.3. The molecule has 290 valence electrons. The number of hydrogen-bond donors (Lipinski definition) is 0. The first-order chi connectivity index (χ1) is 23.8. The van der Waals surface area contributed by atoms with Crippen LogP contribution in [-0.2, 0) is 0 Å². The minimum absolute atomic E-state index is 1.32. The maximum Gasteiger partial charge on any atom is -0.00218 e. The average Bonchev–Trinajstić information content (AvgIpc) is 3.09. The van der Waals surface area contributed by atoms with Gasteiger partial charge in [0.15, 0.2) is 0 Å². The third kappa shape index (κ3) is 44.0. The van der Waals surface area contributed by atoms with Gasteiger partial charge in [0.2, 0.25) is 0 Å². The Labute approximate surface area is 307 Å². The second-order valence-electron chi connectivity index (χ2n) is 16.4. The molecule has 0 spiro atoms. The van der Waals surface area contributed by atoms with E-state index in [4.69, 9.17) is 0 Å². The van der Waals surface area contributed by atoms with Gasteiger partial charge in [0.05, 0.1) is 0 Å². The zero-order valence-corrected chi connectivity index (χ0v) is 34.6. The Morgan fingerprint density at radius 3 is 0.458 bits per heavy atom. The topological polar surface area (TPSA) is 3.24 Å². The minimum atomic E-state index is 1.32. The van der Waals surface area contributed by atoms with E-state index in [2.05, 4.69) is 25.8 Å². The fourth-order valence-corrected chi connectivity index (χ4v) is 7.74. The van der Waals surface area contributed by atoms with Crippen LogP contribution < -0.4 is 0 Å². The van der Waals surface area contributed by atoms with Gasteiger partial charge in [0.25, 0.3) is 0 Å². The molecular formula is C47H97N. The van der Waals surface area contributed by atoms with Crippen molar-refractivity contribution in [1.82, 2.24) is 4.90 Å². The Bertz CT molecular complexity index is 529. The summed E-state index contributed by atoms with van der Waals surface area (Å²) in [7, 11) is 2.35. The lowest BCUT2D eigenvalue weighted by Crippen LogP contribution is -2.20. The maximum atomic E-state index is 2.60. The predicted octanol–water partition coefficient (Wildman–Crippen LogP) is 17.3. The first-order valence-electron chi connectivity index (χ1n) is 23.5. The molecule has 0 aromatic carbocycles. The highest BCUT2D eigenvalue weighted by atomic mass is 15.1. The monoisotopic (exact) mass is 676 g/mol. The second-order valence-corrected chi connectivity index (χ2v) is 16.4. The molecule has 0 saturated carbocycles. The van der Waals surface area contributed by atoms with E-state index < -0.39 is 0 Å². The SMILES string of the molecule is CCCCCCCCCCCCCCCCCCCCCCCCN(C)CCCCCCCCCCCCCCCCCCCCCC. The molecule has 0 aliphatic rings. The van der Waals surface area contributed by atoms with Crippen molar-refractivity contribution < 1.29 is 0 Å². The van der Waals surface area contributed by atoms with Crippen molar-refractivity contribution in [2.24, 2.45) is 0 Å².